The van der Waals surface area contributed by atoms with Crippen LogP contribution in [0.5, 0.6) is 0 Å². The van der Waals surface area contributed by atoms with Gasteiger partial charge in [-0.05, 0) is 51.4 Å². The Kier molecular flexibility index (Phi) is 62.0. The Morgan fingerprint density at radius 3 is 1.03 bits per heavy atom. The minimum Gasteiger partial charge on any atom is -0.465 e. The molecule has 0 aliphatic heterocycles. The van der Waals surface area contributed by atoms with Crippen LogP contribution in [0, 0.1) is 0 Å². The predicted octanol–water partition coefficient (Wildman–Crippen LogP) is 21.1. The summed E-state index contributed by atoms with van der Waals surface area (Å²) < 4.78 is 5.42. The summed E-state index contributed by atoms with van der Waals surface area (Å²) in [5, 5.41) is 23.2. The zero-order chi connectivity index (χ0) is 53.6. The molecule has 2 atom stereocenters. The number of carbonyl (C=O) groups excluding carboxylic acids is 2. The van der Waals surface area contributed by atoms with Crippen LogP contribution in [-0.2, 0) is 14.3 Å². The average Bonchev–Trinajstić information content (AvgIpc) is 3.40. The second-order valence-corrected chi connectivity index (χ2v) is 22.8. The van der Waals surface area contributed by atoms with Crippen LogP contribution in [0.1, 0.15) is 361 Å². The van der Waals surface area contributed by atoms with Gasteiger partial charge in [-0.1, -0.05) is 333 Å². The number of unbranched alkanes of at least 4 members (excludes halogenated alkanes) is 47. The smallest absolute Gasteiger partial charge is 0.305 e. The molecule has 0 radical (unpaired) electrons. The van der Waals surface area contributed by atoms with Crippen LogP contribution >= 0.6 is 0 Å². The van der Waals surface area contributed by atoms with E-state index in [2.05, 4.69) is 43.5 Å². The molecule has 3 N–H and O–H groups in total. The standard InChI is InChI=1S/C68H129NO5/c1-3-5-7-9-11-13-15-17-19-20-21-22-24-27-30-33-36-40-44-48-52-56-60-66(71)65(64-70)69-67(72)61-57-53-49-45-41-37-34-31-28-25-23-26-29-32-35-39-43-47-51-55-59-63-74-68(73)62-58-54-50-46-42-38-18-16-14-12-10-8-6-4-2/h39,43,51,55-56,60,65-66,70-71H,3-38,40-42,44-50,52-54,57-59,61-64H2,1-2H3,(H,69,72)/b43-39-,55-51-,60-56+. The summed E-state index contributed by atoms with van der Waals surface area (Å²) >= 11 is 0. The fraction of sp³-hybridized carbons (Fsp3) is 0.882. The van der Waals surface area contributed by atoms with Crippen molar-refractivity contribution in [3.63, 3.8) is 0 Å². The zero-order valence-electron chi connectivity index (χ0n) is 49.8. The van der Waals surface area contributed by atoms with Gasteiger partial charge in [0.25, 0.3) is 0 Å². The van der Waals surface area contributed by atoms with Gasteiger partial charge >= 0.3 is 5.97 Å². The first-order chi connectivity index (χ1) is 36.5. The number of nitrogens with one attached hydrogen (secondary N) is 1. The van der Waals surface area contributed by atoms with E-state index in [9.17, 15) is 19.8 Å². The third-order valence-electron chi connectivity index (χ3n) is 15.4. The van der Waals surface area contributed by atoms with Gasteiger partial charge in [0.15, 0.2) is 0 Å². The van der Waals surface area contributed by atoms with Crippen molar-refractivity contribution in [2.24, 2.45) is 0 Å². The molecular formula is C68H129NO5. The van der Waals surface area contributed by atoms with Crippen LogP contribution in [0.2, 0.25) is 0 Å². The van der Waals surface area contributed by atoms with Gasteiger partial charge in [-0.2, -0.15) is 0 Å². The van der Waals surface area contributed by atoms with Crippen molar-refractivity contribution >= 4 is 11.9 Å². The van der Waals surface area contributed by atoms with E-state index in [1.54, 1.807) is 6.08 Å². The number of esters is 1. The Morgan fingerprint density at radius 2 is 0.676 bits per heavy atom. The van der Waals surface area contributed by atoms with E-state index in [1.807, 2.05) is 6.08 Å². The van der Waals surface area contributed by atoms with E-state index in [1.165, 1.54) is 283 Å². The molecule has 6 heteroatoms. The number of hydrogen-bond donors (Lipinski definition) is 3. The topological polar surface area (TPSA) is 95.9 Å². The highest BCUT2D eigenvalue weighted by molar-refractivity contribution is 5.76. The summed E-state index contributed by atoms with van der Waals surface area (Å²) in [6, 6.07) is -0.633. The van der Waals surface area contributed by atoms with Crippen LogP contribution in [-0.4, -0.2) is 47.4 Å². The van der Waals surface area contributed by atoms with E-state index < -0.39 is 12.1 Å². The van der Waals surface area contributed by atoms with E-state index in [0.717, 1.165) is 51.4 Å². The van der Waals surface area contributed by atoms with Crippen molar-refractivity contribution in [2.45, 2.75) is 373 Å². The maximum absolute atomic E-state index is 12.5. The Hall–Kier alpha value is -1.92. The van der Waals surface area contributed by atoms with E-state index in [0.29, 0.717) is 19.4 Å². The molecule has 0 heterocycles. The normalized spacial score (nSPS) is 12.8. The van der Waals surface area contributed by atoms with Gasteiger partial charge in [-0.25, -0.2) is 0 Å². The van der Waals surface area contributed by atoms with Gasteiger partial charge in [-0.3, -0.25) is 9.59 Å². The summed E-state index contributed by atoms with van der Waals surface area (Å²) in [5.74, 6) is -0.103. The lowest BCUT2D eigenvalue weighted by molar-refractivity contribution is -0.143. The molecule has 436 valence electrons. The first kappa shape index (κ1) is 72.1. The van der Waals surface area contributed by atoms with Crippen molar-refractivity contribution < 1.29 is 24.5 Å². The molecule has 74 heavy (non-hydrogen) atoms. The fourth-order valence-corrected chi connectivity index (χ4v) is 10.4. The largest absolute Gasteiger partial charge is 0.465 e. The SMILES string of the molecule is CCCCCCCCCCCCCCCCCCCCCC/C=C/C(O)C(CO)NC(=O)CCCCCCCCCCCCCCCC/C=C\C/C=C\CCOC(=O)CCCCCCCCCCCCCCCC. The number of carbonyl (C=O) groups is 2. The molecule has 1 amide bonds. The summed E-state index contributed by atoms with van der Waals surface area (Å²) in [7, 11) is 0. The summed E-state index contributed by atoms with van der Waals surface area (Å²) in [5.41, 5.74) is 0. The van der Waals surface area contributed by atoms with Crippen molar-refractivity contribution in [2.75, 3.05) is 13.2 Å². The van der Waals surface area contributed by atoms with Crippen LogP contribution in [0.25, 0.3) is 0 Å². The maximum Gasteiger partial charge on any atom is 0.305 e. The number of aliphatic hydroxyl groups is 2. The van der Waals surface area contributed by atoms with Gasteiger partial charge in [-0.15, -0.1) is 0 Å². The summed E-state index contributed by atoms with van der Waals surface area (Å²) in [6.07, 6.45) is 80.7. The molecule has 2 unspecified atom stereocenters. The van der Waals surface area contributed by atoms with Gasteiger partial charge < -0.3 is 20.3 Å². The fourth-order valence-electron chi connectivity index (χ4n) is 10.4. The third kappa shape index (κ3) is 59.3. The molecule has 0 rings (SSSR count). The van der Waals surface area contributed by atoms with E-state index >= 15 is 0 Å². The van der Waals surface area contributed by atoms with Gasteiger partial charge in [0.1, 0.15) is 0 Å². The molecule has 0 aromatic heterocycles. The number of allylic oxidation sites excluding steroid dienone is 4. The molecule has 0 saturated carbocycles. The monoisotopic (exact) mass is 1040 g/mol. The Balaban J connectivity index is 3.47. The number of ether oxygens (including phenoxy) is 1. The number of rotatable bonds is 62. The molecule has 0 aliphatic carbocycles. The van der Waals surface area contributed by atoms with Gasteiger partial charge in [0.2, 0.25) is 5.91 Å². The highest BCUT2D eigenvalue weighted by Crippen LogP contribution is 2.18. The van der Waals surface area contributed by atoms with Crippen molar-refractivity contribution in [3.05, 3.63) is 36.5 Å². The number of aliphatic hydroxyl groups excluding tert-OH is 2. The molecule has 0 fully saturated rings. The highest BCUT2D eigenvalue weighted by Gasteiger charge is 2.18. The molecule has 0 aromatic rings. The number of amides is 1. The van der Waals surface area contributed by atoms with Crippen LogP contribution < -0.4 is 5.32 Å². The first-order valence-electron chi connectivity index (χ1n) is 33.3. The highest BCUT2D eigenvalue weighted by atomic mass is 16.5. The zero-order valence-corrected chi connectivity index (χ0v) is 49.8. The minimum absolute atomic E-state index is 0.0331. The third-order valence-corrected chi connectivity index (χ3v) is 15.4. The van der Waals surface area contributed by atoms with Crippen LogP contribution in [0.15, 0.2) is 36.5 Å². The lowest BCUT2D eigenvalue weighted by Crippen LogP contribution is -2.45. The van der Waals surface area contributed by atoms with Crippen molar-refractivity contribution in [1.82, 2.24) is 5.32 Å². The molecule has 0 aliphatic rings. The van der Waals surface area contributed by atoms with E-state index in [4.69, 9.17) is 4.74 Å². The molecule has 0 bridgehead atoms. The lowest BCUT2D eigenvalue weighted by Gasteiger charge is -2.20. The number of hydrogen-bond acceptors (Lipinski definition) is 5. The maximum atomic E-state index is 12.5. The van der Waals surface area contributed by atoms with E-state index in [-0.39, 0.29) is 18.5 Å². The lowest BCUT2D eigenvalue weighted by atomic mass is 10.0. The Bertz CT molecular complexity index is 1200. The molecular weight excluding hydrogens is 911 g/mol. The van der Waals surface area contributed by atoms with Gasteiger partial charge in [0, 0.05) is 12.8 Å². The van der Waals surface area contributed by atoms with Crippen molar-refractivity contribution in [3.8, 4) is 0 Å². The van der Waals surface area contributed by atoms with Crippen LogP contribution in [0.4, 0.5) is 0 Å². The Morgan fingerprint density at radius 1 is 0.378 bits per heavy atom. The molecule has 0 saturated heterocycles. The summed E-state index contributed by atoms with van der Waals surface area (Å²) in [4.78, 5) is 24.5. The van der Waals surface area contributed by atoms with Crippen LogP contribution in [0.3, 0.4) is 0 Å². The minimum atomic E-state index is -0.849. The second-order valence-electron chi connectivity index (χ2n) is 22.8. The first-order valence-corrected chi connectivity index (χ1v) is 33.3. The molecule has 6 nitrogen and oxygen atoms in total. The Labute approximate surface area is 462 Å². The van der Waals surface area contributed by atoms with Crippen molar-refractivity contribution in [1.29, 1.82) is 0 Å². The second kappa shape index (κ2) is 63.6. The molecule has 0 aromatic carbocycles. The average molecular weight is 1040 g/mol. The quantitative estimate of drug-likeness (QED) is 0.0320. The molecule has 0 spiro atoms. The van der Waals surface area contributed by atoms with Gasteiger partial charge in [0.05, 0.1) is 25.4 Å². The predicted molar refractivity (Wildman–Crippen MR) is 324 cm³/mol. The summed E-state index contributed by atoms with van der Waals surface area (Å²) in [6.45, 7) is 4.82.